The Bertz CT molecular complexity index is 217. The van der Waals surface area contributed by atoms with E-state index >= 15 is 0 Å². The summed E-state index contributed by atoms with van der Waals surface area (Å²) in [5.74, 6) is -1.01. The highest BCUT2D eigenvalue weighted by Crippen LogP contribution is 2.17. The molecular formula is C9H17NO4. The molecule has 1 fully saturated rings. The second kappa shape index (κ2) is 4.25. The van der Waals surface area contributed by atoms with Gasteiger partial charge in [-0.3, -0.25) is 4.79 Å². The fraction of sp³-hybridized carbons (Fsp3) is 0.889. The number of nitrogens with two attached hydrogens (primary N) is 1. The molecule has 1 heterocycles. The van der Waals surface area contributed by atoms with Gasteiger partial charge in [0.1, 0.15) is 6.10 Å². The van der Waals surface area contributed by atoms with Crippen LogP contribution in [0.2, 0.25) is 0 Å². The highest BCUT2D eigenvalue weighted by molar-refractivity contribution is 5.66. The van der Waals surface area contributed by atoms with E-state index in [1.54, 1.807) is 13.8 Å². The van der Waals surface area contributed by atoms with Gasteiger partial charge in [-0.2, -0.15) is 0 Å². The summed E-state index contributed by atoms with van der Waals surface area (Å²) in [7, 11) is 0. The zero-order chi connectivity index (χ0) is 10.8. The highest BCUT2D eigenvalue weighted by Gasteiger charge is 2.31. The van der Waals surface area contributed by atoms with Gasteiger partial charge >= 0.3 is 5.97 Å². The Morgan fingerprint density at radius 2 is 2.00 bits per heavy atom. The van der Waals surface area contributed by atoms with Gasteiger partial charge < -0.3 is 19.9 Å². The summed E-state index contributed by atoms with van der Waals surface area (Å²) in [6.45, 7) is 5.55. The van der Waals surface area contributed by atoms with Gasteiger partial charge in [0.25, 0.3) is 0 Å². The minimum atomic E-state index is -0.660. The first-order valence-electron chi connectivity index (χ1n) is 4.61. The topological polar surface area (TPSA) is 70.8 Å². The number of rotatable bonds is 1. The Kier molecular flexibility index (Phi) is 3.47. The summed E-state index contributed by atoms with van der Waals surface area (Å²) < 4.78 is 15.8. The van der Waals surface area contributed by atoms with Crippen molar-refractivity contribution >= 4 is 5.97 Å². The number of ether oxygens (including phenoxy) is 3. The summed E-state index contributed by atoms with van der Waals surface area (Å²) >= 11 is 0. The van der Waals surface area contributed by atoms with Crippen LogP contribution in [-0.4, -0.2) is 37.1 Å². The molecule has 0 radical (unpaired) electrons. The maximum atomic E-state index is 10.8. The molecule has 82 valence electrons. The smallest absolute Gasteiger partial charge is 0.303 e. The molecule has 0 bridgehead atoms. The van der Waals surface area contributed by atoms with Crippen molar-refractivity contribution in [2.45, 2.75) is 38.7 Å². The number of carbonyl (C=O) groups is 1. The first-order valence-corrected chi connectivity index (χ1v) is 4.61. The lowest BCUT2D eigenvalue weighted by atomic mass is 10.2. The van der Waals surface area contributed by atoms with Crippen molar-refractivity contribution in [2.24, 2.45) is 5.73 Å². The Balaban J connectivity index is 2.56. The molecule has 0 aliphatic carbocycles. The van der Waals surface area contributed by atoms with E-state index in [9.17, 15) is 4.79 Å². The molecule has 1 rings (SSSR count). The standard InChI is InChI=1S/C9H17NO4/c1-6(11)14-8-5-13-9(2,3)12-4-7(8)10/h7-8H,4-5,10H2,1-3H3/t7-,8-/m1/s1. The lowest BCUT2D eigenvalue weighted by Gasteiger charge is -2.22. The summed E-state index contributed by atoms with van der Waals surface area (Å²) in [6, 6.07) is -0.333. The van der Waals surface area contributed by atoms with Crippen molar-refractivity contribution < 1.29 is 19.0 Å². The van der Waals surface area contributed by atoms with Crippen LogP contribution < -0.4 is 5.73 Å². The summed E-state index contributed by atoms with van der Waals surface area (Å²) in [5, 5.41) is 0. The van der Waals surface area contributed by atoms with Gasteiger partial charge in [-0.25, -0.2) is 0 Å². The van der Waals surface area contributed by atoms with Crippen LogP contribution in [0.25, 0.3) is 0 Å². The molecular weight excluding hydrogens is 186 g/mol. The van der Waals surface area contributed by atoms with Crippen molar-refractivity contribution in [2.75, 3.05) is 13.2 Å². The molecule has 0 spiro atoms. The van der Waals surface area contributed by atoms with E-state index in [2.05, 4.69) is 0 Å². The van der Waals surface area contributed by atoms with Crippen LogP contribution in [-0.2, 0) is 19.0 Å². The predicted octanol–water partition coefficient (Wildman–Crippen LogP) is 0.0283. The number of hydrogen-bond donors (Lipinski definition) is 1. The fourth-order valence-corrected chi connectivity index (χ4v) is 1.19. The van der Waals surface area contributed by atoms with Gasteiger partial charge in [0.05, 0.1) is 19.3 Å². The van der Waals surface area contributed by atoms with Crippen LogP contribution in [0.1, 0.15) is 20.8 Å². The second-order valence-corrected chi connectivity index (χ2v) is 3.83. The monoisotopic (exact) mass is 203 g/mol. The van der Waals surface area contributed by atoms with Crippen molar-refractivity contribution in [3.05, 3.63) is 0 Å². The predicted molar refractivity (Wildman–Crippen MR) is 49.5 cm³/mol. The Morgan fingerprint density at radius 3 is 2.57 bits per heavy atom. The van der Waals surface area contributed by atoms with Gasteiger partial charge in [0.2, 0.25) is 0 Å². The van der Waals surface area contributed by atoms with E-state index in [0.717, 1.165) is 0 Å². The van der Waals surface area contributed by atoms with Crippen LogP contribution in [0, 0.1) is 0 Å². The molecule has 1 aliphatic heterocycles. The molecule has 1 aliphatic rings. The molecule has 0 saturated carbocycles. The molecule has 0 aromatic heterocycles. The Labute approximate surface area is 83.5 Å². The van der Waals surface area contributed by atoms with E-state index in [4.69, 9.17) is 19.9 Å². The van der Waals surface area contributed by atoms with Crippen LogP contribution in [0.5, 0.6) is 0 Å². The van der Waals surface area contributed by atoms with Gasteiger partial charge in [-0.1, -0.05) is 0 Å². The van der Waals surface area contributed by atoms with Gasteiger partial charge in [0.15, 0.2) is 5.79 Å². The molecule has 2 atom stereocenters. The Hall–Kier alpha value is -0.650. The third kappa shape index (κ3) is 3.25. The Morgan fingerprint density at radius 1 is 1.43 bits per heavy atom. The zero-order valence-corrected chi connectivity index (χ0v) is 8.78. The average Bonchev–Trinajstić information content (AvgIpc) is 2.17. The third-order valence-corrected chi connectivity index (χ3v) is 2.01. The lowest BCUT2D eigenvalue weighted by Crippen LogP contribution is -2.42. The van der Waals surface area contributed by atoms with Crippen molar-refractivity contribution in [3.8, 4) is 0 Å². The SMILES string of the molecule is CC(=O)O[C@@H]1COC(C)(C)OC[C@H]1N. The molecule has 5 nitrogen and oxygen atoms in total. The molecule has 0 aromatic rings. The normalized spacial score (nSPS) is 32.0. The number of esters is 1. The van der Waals surface area contributed by atoms with Crippen LogP contribution in [0.3, 0.4) is 0 Å². The molecule has 14 heavy (non-hydrogen) atoms. The second-order valence-electron chi connectivity index (χ2n) is 3.83. The molecule has 2 N–H and O–H groups in total. The summed E-state index contributed by atoms with van der Waals surface area (Å²) in [5.41, 5.74) is 5.77. The minimum Gasteiger partial charge on any atom is -0.458 e. The summed E-state index contributed by atoms with van der Waals surface area (Å²) in [4.78, 5) is 10.8. The fourth-order valence-electron chi connectivity index (χ4n) is 1.19. The van der Waals surface area contributed by atoms with Gasteiger partial charge in [0, 0.05) is 6.92 Å². The molecule has 0 aromatic carbocycles. The van der Waals surface area contributed by atoms with Crippen molar-refractivity contribution in [3.63, 3.8) is 0 Å². The first kappa shape index (κ1) is 11.4. The van der Waals surface area contributed by atoms with E-state index in [0.29, 0.717) is 6.61 Å². The van der Waals surface area contributed by atoms with Crippen LogP contribution in [0.4, 0.5) is 0 Å². The summed E-state index contributed by atoms with van der Waals surface area (Å²) in [6.07, 6.45) is -0.422. The number of carbonyl (C=O) groups excluding carboxylic acids is 1. The van der Waals surface area contributed by atoms with E-state index in [1.165, 1.54) is 6.92 Å². The number of hydrogen-bond acceptors (Lipinski definition) is 5. The third-order valence-electron chi connectivity index (χ3n) is 2.01. The van der Waals surface area contributed by atoms with Crippen LogP contribution in [0.15, 0.2) is 0 Å². The molecule has 5 heteroatoms. The maximum Gasteiger partial charge on any atom is 0.303 e. The van der Waals surface area contributed by atoms with Gasteiger partial charge in [-0.15, -0.1) is 0 Å². The van der Waals surface area contributed by atoms with Crippen molar-refractivity contribution in [1.29, 1.82) is 0 Å². The average molecular weight is 203 g/mol. The van der Waals surface area contributed by atoms with E-state index in [-0.39, 0.29) is 18.6 Å². The molecule has 0 amide bonds. The lowest BCUT2D eigenvalue weighted by molar-refractivity contribution is -0.205. The molecule has 1 saturated heterocycles. The van der Waals surface area contributed by atoms with Crippen molar-refractivity contribution in [1.82, 2.24) is 0 Å². The zero-order valence-electron chi connectivity index (χ0n) is 8.78. The largest absolute Gasteiger partial charge is 0.458 e. The molecule has 0 unspecified atom stereocenters. The quantitative estimate of drug-likeness (QED) is 0.609. The van der Waals surface area contributed by atoms with E-state index < -0.39 is 11.9 Å². The van der Waals surface area contributed by atoms with Gasteiger partial charge in [-0.05, 0) is 13.8 Å². The van der Waals surface area contributed by atoms with E-state index in [1.807, 2.05) is 0 Å². The van der Waals surface area contributed by atoms with Crippen LogP contribution >= 0.6 is 0 Å². The first-order chi connectivity index (χ1) is 6.41. The minimum absolute atomic E-state index is 0.272. The maximum absolute atomic E-state index is 10.8. The highest BCUT2D eigenvalue weighted by atomic mass is 16.7.